The van der Waals surface area contributed by atoms with E-state index in [4.69, 9.17) is 4.74 Å². The first kappa shape index (κ1) is 23.8. The van der Waals surface area contributed by atoms with Crippen LogP contribution in [0.4, 0.5) is 4.79 Å². The number of ether oxygens (including phenoxy) is 1. The van der Waals surface area contributed by atoms with Crippen molar-refractivity contribution in [1.82, 2.24) is 29.4 Å². The van der Waals surface area contributed by atoms with Crippen molar-refractivity contribution >= 4 is 28.6 Å². The lowest BCUT2D eigenvalue weighted by Crippen LogP contribution is -2.50. The lowest BCUT2D eigenvalue weighted by atomic mass is 10.0. The molecule has 0 saturated carbocycles. The van der Waals surface area contributed by atoms with Gasteiger partial charge < -0.3 is 19.5 Å². The summed E-state index contributed by atoms with van der Waals surface area (Å²) in [5.41, 5.74) is 2.13. The first-order chi connectivity index (χ1) is 17.2. The number of likely N-dealkylation sites (tertiary alicyclic amines) is 1. The molecule has 36 heavy (non-hydrogen) atoms. The summed E-state index contributed by atoms with van der Waals surface area (Å²) < 4.78 is 9.49. The predicted octanol–water partition coefficient (Wildman–Crippen LogP) is 4.02. The van der Waals surface area contributed by atoms with Crippen LogP contribution >= 0.6 is 0 Å². The summed E-state index contributed by atoms with van der Waals surface area (Å²) in [4.78, 5) is 28.7. The van der Waals surface area contributed by atoms with Gasteiger partial charge in [0, 0.05) is 43.3 Å². The molecular formula is C27H32N6O3. The normalized spacial score (nSPS) is 17.0. The molecule has 1 fully saturated rings. The van der Waals surface area contributed by atoms with Gasteiger partial charge in [-0.15, -0.1) is 10.2 Å². The Balaban J connectivity index is 1.46. The van der Waals surface area contributed by atoms with Crippen molar-refractivity contribution in [3.05, 3.63) is 66.2 Å². The number of fused-ring (bicyclic) bond motifs is 2. The van der Waals surface area contributed by atoms with E-state index in [1.165, 1.54) is 0 Å². The molecule has 1 aromatic carbocycles. The second-order valence-corrected chi connectivity index (χ2v) is 10.4. The molecule has 5 rings (SSSR count). The van der Waals surface area contributed by atoms with Crippen LogP contribution in [0.5, 0.6) is 0 Å². The van der Waals surface area contributed by atoms with E-state index in [0.29, 0.717) is 13.0 Å². The summed E-state index contributed by atoms with van der Waals surface area (Å²) >= 11 is 0. The van der Waals surface area contributed by atoms with Crippen molar-refractivity contribution < 1.29 is 14.3 Å². The molecule has 0 radical (unpaired) electrons. The summed E-state index contributed by atoms with van der Waals surface area (Å²) in [6.07, 6.45) is 5.32. The molecule has 1 saturated heterocycles. The van der Waals surface area contributed by atoms with Gasteiger partial charge in [-0.05, 0) is 57.4 Å². The molecule has 188 valence electrons. The van der Waals surface area contributed by atoms with Crippen LogP contribution < -0.4 is 5.32 Å². The highest BCUT2D eigenvalue weighted by Gasteiger charge is 2.38. The smallest absolute Gasteiger partial charge is 0.408 e. The van der Waals surface area contributed by atoms with Crippen LogP contribution in [0, 0.1) is 0 Å². The average Bonchev–Trinajstić information content (AvgIpc) is 3.54. The van der Waals surface area contributed by atoms with Gasteiger partial charge >= 0.3 is 6.09 Å². The van der Waals surface area contributed by atoms with Gasteiger partial charge in [-0.1, -0.05) is 24.3 Å². The Morgan fingerprint density at radius 3 is 2.72 bits per heavy atom. The molecule has 1 aliphatic rings. The van der Waals surface area contributed by atoms with E-state index in [9.17, 15) is 9.59 Å². The third-order valence-electron chi connectivity index (χ3n) is 6.57. The first-order valence-electron chi connectivity index (χ1n) is 12.3. The van der Waals surface area contributed by atoms with Crippen molar-refractivity contribution in [3.63, 3.8) is 0 Å². The van der Waals surface area contributed by atoms with Gasteiger partial charge in [-0.2, -0.15) is 0 Å². The Morgan fingerprint density at radius 2 is 1.92 bits per heavy atom. The molecule has 1 aliphatic heterocycles. The Morgan fingerprint density at radius 1 is 1.14 bits per heavy atom. The number of nitrogens with one attached hydrogen (secondary N) is 1. The summed E-state index contributed by atoms with van der Waals surface area (Å²) in [5.74, 6) is 0.585. The quantitative estimate of drug-likeness (QED) is 0.458. The van der Waals surface area contributed by atoms with Crippen LogP contribution in [0.1, 0.15) is 51.0 Å². The minimum Gasteiger partial charge on any atom is -0.444 e. The number of aromatic nitrogens is 4. The second-order valence-electron chi connectivity index (χ2n) is 10.4. The highest BCUT2D eigenvalue weighted by molar-refractivity contribution is 5.89. The Bertz CT molecular complexity index is 1420. The standard InChI is InChI=1S/C27H32N6O3/c1-27(2,3)36-26(35)28-20(16-18-17-31(4)21-11-6-5-10-19(18)21)25(34)32-15-9-12-22(32)24-30-29-23-13-7-8-14-33(23)24/h5-8,10-11,13-14,17,20,22H,9,12,15-16H2,1-4H3,(H,28,35)/t20-,22+/m1/s1. The summed E-state index contributed by atoms with van der Waals surface area (Å²) in [5, 5.41) is 12.6. The molecule has 1 N–H and O–H groups in total. The summed E-state index contributed by atoms with van der Waals surface area (Å²) in [6, 6.07) is 12.8. The van der Waals surface area contributed by atoms with Gasteiger partial charge in [-0.25, -0.2) is 4.79 Å². The number of carbonyl (C=O) groups is 2. The third-order valence-corrected chi connectivity index (χ3v) is 6.57. The number of alkyl carbamates (subject to hydrolysis) is 1. The summed E-state index contributed by atoms with van der Waals surface area (Å²) in [7, 11) is 1.98. The molecule has 0 bridgehead atoms. The molecule has 4 aromatic rings. The second kappa shape index (κ2) is 9.29. The molecule has 9 heteroatoms. The third kappa shape index (κ3) is 4.65. The Kier molecular flexibility index (Phi) is 6.15. The topological polar surface area (TPSA) is 93.8 Å². The maximum absolute atomic E-state index is 14.0. The van der Waals surface area contributed by atoms with Crippen LogP contribution in [0.25, 0.3) is 16.6 Å². The largest absolute Gasteiger partial charge is 0.444 e. The number of para-hydroxylation sites is 1. The van der Waals surface area contributed by atoms with Crippen molar-refractivity contribution in [2.75, 3.05) is 6.54 Å². The van der Waals surface area contributed by atoms with Gasteiger partial charge in [0.05, 0.1) is 6.04 Å². The van der Waals surface area contributed by atoms with Crippen LogP contribution in [-0.4, -0.2) is 54.3 Å². The maximum Gasteiger partial charge on any atom is 0.408 e. The van der Waals surface area contributed by atoms with Gasteiger partial charge in [0.1, 0.15) is 11.6 Å². The lowest BCUT2D eigenvalue weighted by Gasteiger charge is -2.29. The van der Waals surface area contributed by atoms with Crippen LogP contribution in [0.3, 0.4) is 0 Å². The number of hydrogen-bond acceptors (Lipinski definition) is 5. The molecule has 0 aliphatic carbocycles. The average molecular weight is 489 g/mol. The highest BCUT2D eigenvalue weighted by atomic mass is 16.6. The van der Waals surface area contributed by atoms with Crippen LogP contribution in [0.15, 0.2) is 54.9 Å². The number of nitrogens with zero attached hydrogens (tertiary/aromatic N) is 5. The zero-order chi connectivity index (χ0) is 25.4. The minimum atomic E-state index is -0.787. The molecule has 9 nitrogen and oxygen atoms in total. The SMILES string of the molecule is Cn1cc(C[C@@H](NC(=O)OC(C)(C)C)C(=O)N2CCC[C@H]2c2nnc3ccccn23)c2ccccc21. The fraction of sp³-hybridized carbons (Fsp3) is 0.407. The van der Waals surface area contributed by atoms with Gasteiger partial charge in [-0.3, -0.25) is 9.20 Å². The van der Waals surface area contributed by atoms with Gasteiger partial charge in [0.25, 0.3) is 0 Å². The number of aryl methyl sites for hydroxylation is 1. The van der Waals surface area contributed by atoms with E-state index in [1.54, 1.807) is 20.8 Å². The van der Waals surface area contributed by atoms with E-state index in [0.717, 1.165) is 40.8 Å². The number of rotatable bonds is 5. The van der Waals surface area contributed by atoms with E-state index in [1.807, 2.05) is 75.8 Å². The molecule has 0 spiro atoms. The maximum atomic E-state index is 14.0. The van der Waals surface area contributed by atoms with E-state index < -0.39 is 17.7 Å². The monoisotopic (exact) mass is 488 g/mol. The Labute approximate surface area is 210 Å². The predicted molar refractivity (Wildman–Crippen MR) is 136 cm³/mol. The molecule has 4 heterocycles. The van der Waals surface area contributed by atoms with E-state index >= 15 is 0 Å². The number of carbonyl (C=O) groups excluding carboxylic acids is 2. The van der Waals surface area contributed by atoms with Crippen LogP contribution in [0.2, 0.25) is 0 Å². The van der Waals surface area contributed by atoms with Crippen molar-refractivity contribution in [3.8, 4) is 0 Å². The number of pyridine rings is 1. The summed E-state index contributed by atoms with van der Waals surface area (Å²) in [6.45, 7) is 6.01. The molecule has 2 amide bonds. The minimum absolute atomic E-state index is 0.149. The van der Waals surface area contributed by atoms with E-state index in [2.05, 4.69) is 15.5 Å². The van der Waals surface area contributed by atoms with Crippen molar-refractivity contribution in [1.29, 1.82) is 0 Å². The first-order valence-corrected chi connectivity index (χ1v) is 12.3. The van der Waals surface area contributed by atoms with E-state index in [-0.39, 0.29) is 11.9 Å². The number of hydrogen-bond donors (Lipinski definition) is 1. The zero-order valence-electron chi connectivity index (χ0n) is 21.1. The van der Waals surface area contributed by atoms with Crippen molar-refractivity contribution in [2.24, 2.45) is 7.05 Å². The van der Waals surface area contributed by atoms with Gasteiger partial charge in [0.15, 0.2) is 11.5 Å². The Hall–Kier alpha value is -3.88. The van der Waals surface area contributed by atoms with Crippen LogP contribution in [-0.2, 0) is 23.0 Å². The van der Waals surface area contributed by atoms with Crippen molar-refractivity contribution in [2.45, 2.75) is 57.7 Å². The van der Waals surface area contributed by atoms with Gasteiger partial charge in [0.2, 0.25) is 5.91 Å². The highest BCUT2D eigenvalue weighted by Crippen LogP contribution is 2.32. The number of amides is 2. The number of benzene rings is 1. The fourth-order valence-electron chi connectivity index (χ4n) is 5.04. The molecule has 2 atom stereocenters. The fourth-order valence-corrected chi connectivity index (χ4v) is 5.04. The lowest BCUT2D eigenvalue weighted by molar-refractivity contribution is -0.134. The zero-order valence-corrected chi connectivity index (χ0v) is 21.1. The molecular weight excluding hydrogens is 456 g/mol. The molecule has 3 aromatic heterocycles. The molecule has 0 unspecified atom stereocenters.